The van der Waals surface area contributed by atoms with Crippen molar-refractivity contribution >= 4 is 5.91 Å². The first-order valence-electron chi connectivity index (χ1n) is 5.03. The standard InChI is InChI=1S/C12H17NO2/c1-8-4-5-11(6-9(8)2)12(15)13-10(3)7-14/h4-6,10,14H,7H2,1-3H3,(H,13,15)/t10-/m0/s1. The Kier molecular flexibility index (Phi) is 3.86. The zero-order valence-electron chi connectivity index (χ0n) is 9.37. The zero-order chi connectivity index (χ0) is 11.4. The van der Waals surface area contributed by atoms with Gasteiger partial charge in [-0.2, -0.15) is 0 Å². The third-order valence-electron chi connectivity index (χ3n) is 2.42. The van der Waals surface area contributed by atoms with E-state index in [-0.39, 0.29) is 18.6 Å². The first kappa shape index (κ1) is 11.7. The van der Waals surface area contributed by atoms with Gasteiger partial charge in [-0.05, 0) is 44.0 Å². The third-order valence-corrected chi connectivity index (χ3v) is 2.42. The summed E-state index contributed by atoms with van der Waals surface area (Å²) in [6.07, 6.45) is 0. The van der Waals surface area contributed by atoms with Crippen LogP contribution in [0.4, 0.5) is 0 Å². The number of carbonyl (C=O) groups excluding carboxylic acids is 1. The second kappa shape index (κ2) is 4.94. The molecule has 1 rings (SSSR count). The molecule has 1 aromatic rings. The number of aryl methyl sites for hydroxylation is 2. The molecule has 0 aliphatic carbocycles. The van der Waals surface area contributed by atoms with Crippen LogP contribution in [0.15, 0.2) is 18.2 Å². The highest BCUT2D eigenvalue weighted by Crippen LogP contribution is 2.09. The van der Waals surface area contributed by atoms with Gasteiger partial charge in [-0.1, -0.05) is 6.07 Å². The lowest BCUT2D eigenvalue weighted by Gasteiger charge is -2.11. The molecule has 1 aromatic carbocycles. The van der Waals surface area contributed by atoms with Gasteiger partial charge in [0.25, 0.3) is 5.91 Å². The Bertz CT molecular complexity index is 361. The van der Waals surface area contributed by atoms with E-state index in [0.29, 0.717) is 5.56 Å². The van der Waals surface area contributed by atoms with Crippen molar-refractivity contribution in [3.05, 3.63) is 34.9 Å². The van der Waals surface area contributed by atoms with Crippen molar-refractivity contribution in [3.8, 4) is 0 Å². The molecule has 0 radical (unpaired) electrons. The molecule has 0 unspecified atom stereocenters. The molecule has 0 saturated heterocycles. The summed E-state index contributed by atoms with van der Waals surface area (Å²) in [5.41, 5.74) is 2.90. The molecule has 0 aromatic heterocycles. The number of nitrogens with one attached hydrogen (secondary N) is 1. The summed E-state index contributed by atoms with van der Waals surface area (Å²) in [5, 5.41) is 11.5. The highest BCUT2D eigenvalue weighted by Gasteiger charge is 2.09. The van der Waals surface area contributed by atoms with E-state index in [9.17, 15) is 4.79 Å². The SMILES string of the molecule is Cc1ccc(C(=O)N[C@@H](C)CO)cc1C. The second-order valence-corrected chi connectivity index (χ2v) is 3.86. The average molecular weight is 207 g/mol. The molecule has 0 aliphatic rings. The Balaban J connectivity index is 2.78. The summed E-state index contributed by atoms with van der Waals surface area (Å²) in [5.74, 6) is -0.139. The summed E-state index contributed by atoms with van der Waals surface area (Å²) < 4.78 is 0. The van der Waals surface area contributed by atoms with E-state index in [0.717, 1.165) is 5.56 Å². The first-order chi connectivity index (χ1) is 7.04. The maximum absolute atomic E-state index is 11.7. The molecule has 0 heterocycles. The lowest BCUT2D eigenvalue weighted by atomic mass is 10.1. The van der Waals surface area contributed by atoms with Crippen molar-refractivity contribution in [2.45, 2.75) is 26.8 Å². The van der Waals surface area contributed by atoms with Gasteiger partial charge >= 0.3 is 0 Å². The lowest BCUT2D eigenvalue weighted by molar-refractivity contribution is 0.0922. The molecule has 82 valence electrons. The van der Waals surface area contributed by atoms with Crippen molar-refractivity contribution in [2.24, 2.45) is 0 Å². The van der Waals surface area contributed by atoms with Crippen molar-refractivity contribution in [1.29, 1.82) is 0 Å². The van der Waals surface area contributed by atoms with Crippen molar-refractivity contribution in [1.82, 2.24) is 5.32 Å². The van der Waals surface area contributed by atoms with Crippen LogP contribution in [0.1, 0.15) is 28.4 Å². The van der Waals surface area contributed by atoms with Crippen molar-refractivity contribution in [3.63, 3.8) is 0 Å². The van der Waals surface area contributed by atoms with E-state index in [2.05, 4.69) is 5.32 Å². The van der Waals surface area contributed by atoms with Gasteiger partial charge < -0.3 is 10.4 Å². The molecule has 0 bridgehead atoms. The third kappa shape index (κ3) is 3.06. The Morgan fingerprint density at radius 1 is 1.40 bits per heavy atom. The van der Waals surface area contributed by atoms with E-state index in [4.69, 9.17) is 5.11 Å². The van der Waals surface area contributed by atoms with Gasteiger partial charge in [0, 0.05) is 11.6 Å². The Labute approximate surface area is 90.1 Å². The van der Waals surface area contributed by atoms with Gasteiger partial charge in [0.1, 0.15) is 0 Å². The van der Waals surface area contributed by atoms with Crippen molar-refractivity contribution in [2.75, 3.05) is 6.61 Å². The topological polar surface area (TPSA) is 49.3 Å². The highest BCUT2D eigenvalue weighted by atomic mass is 16.3. The number of aliphatic hydroxyl groups excluding tert-OH is 1. The summed E-state index contributed by atoms with van der Waals surface area (Å²) >= 11 is 0. The fourth-order valence-electron chi connectivity index (χ4n) is 1.24. The molecule has 1 amide bonds. The van der Waals surface area contributed by atoms with Crippen molar-refractivity contribution < 1.29 is 9.90 Å². The van der Waals surface area contributed by atoms with Crippen LogP contribution in [0, 0.1) is 13.8 Å². The van der Waals surface area contributed by atoms with Gasteiger partial charge in [-0.25, -0.2) is 0 Å². The number of amides is 1. The summed E-state index contributed by atoms with van der Waals surface area (Å²) in [6.45, 7) is 5.70. The van der Waals surface area contributed by atoms with Crippen LogP contribution < -0.4 is 5.32 Å². The minimum atomic E-state index is -0.209. The number of hydrogen-bond donors (Lipinski definition) is 2. The molecular formula is C12H17NO2. The molecule has 1 atom stereocenters. The van der Waals surface area contributed by atoms with E-state index < -0.39 is 0 Å². The van der Waals surface area contributed by atoms with Crippen LogP contribution in [0.2, 0.25) is 0 Å². The Morgan fingerprint density at radius 2 is 2.07 bits per heavy atom. The lowest BCUT2D eigenvalue weighted by Crippen LogP contribution is -2.35. The zero-order valence-corrected chi connectivity index (χ0v) is 9.37. The van der Waals surface area contributed by atoms with Crippen LogP contribution >= 0.6 is 0 Å². The highest BCUT2D eigenvalue weighted by molar-refractivity contribution is 5.94. The molecule has 0 spiro atoms. The van der Waals surface area contributed by atoms with Gasteiger partial charge in [-0.15, -0.1) is 0 Å². The molecule has 0 fully saturated rings. The predicted octanol–water partition coefficient (Wildman–Crippen LogP) is 1.41. The number of hydrogen-bond acceptors (Lipinski definition) is 2. The van der Waals surface area contributed by atoms with Gasteiger partial charge in [0.2, 0.25) is 0 Å². The predicted molar refractivity (Wildman–Crippen MR) is 59.9 cm³/mol. The number of carbonyl (C=O) groups is 1. The number of benzene rings is 1. The maximum Gasteiger partial charge on any atom is 0.251 e. The van der Waals surface area contributed by atoms with E-state index >= 15 is 0 Å². The van der Waals surface area contributed by atoms with Crippen LogP contribution in [0.25, 0.3) is 0 Å². The Morgan fingerprint density at radius 3 is 2.60 bits per heavy atom. The van der Waals surface area contributed by atoms with Gasteiger partial charge in [0.15, 0.2) is 0 Å². The minimum Gasteiger partial charge on any atom is -0.394 e. The Hall–Kier alpha value is -1.35. The molecule has 2 N–H and O–H groups in total. The monoisotopic (exact) mass is 207 g/mol. The molecular weight excluding hydrogens is 190 g/mol. The smallest absolute Gasteiger partial charge is 0.251 e. The molecule has 3 heteroatoms. The van der Waals surface area contributed by atoms with E-state index in [1.54, 1.807) is 13.0 Å². The molecule has 15 heavy (non-hydrogen) atoms. The maximum atomic E-state index is 11.7. The van der Waals surface area contributed by atoms with E-state index in [1.165, 1.54) is 5.56 Å². The van der Waals surface area contributed by atoms with Crippen LogP contribution in [-0.2, 0) is 0 Å². The first-order valence-corrected chi connectivity index (χ1v) is 5.03. The molecule has 0 saturated carbocycles. The quantitative estimate of drug-likeness (QED) is 0.787. The van der Waals surface area contributed by atoms with E-state index in [1.807, 2.05) is 26.0 Å². The summed E-state index contributed by atoms with van der Waals surface area (Å²) in [4.78, 5) is 11.7. The summed E-state index contributed by atoms with van der Waals surface area (Å²) in [6, 6.07) is 5.36. The molecule has 3 nitrogen and oxygen atoms in total. The van der Waals surface area contributed by atoms with Crippen LogP contribution in [0.3, 0.4) is 0 Å². The molecule has 0 aliphatic heterocycles. The number of aliphatic hydroxyl groups is 1. The summed E-state index contributed by atoms with van der Waals surface area (Å²) in [7, 11) is 0. The fourth-order valence-corrected chi connectivity index (χ4v) is 1.24. The largest absolute Gasteiger partial charge is 0.394 e. The fraction of sp³-hybridized carbons (Fsp3) is 0.417. The van der Waals surface area contributed by atoms with Gasteiger partial charge in [-0.3, -0.25) is 4.79 Å². The normalized spacial score (nSPS) is 12.3. The average Bonchev–Trinajstić information content (AvgIpc) is 2.21. The van der Waals surface area contributed by atoms with Gasteiger partial charge in [0.05, 0.1) is 6.61 Å². The van der Waals surface area contributed by atoms with Crippen LogP contribution in [-0.4, -0.2) is 23.7 Å². The number of rotatable bonds is 3. The van der Waals surface area contributed by atoms with Crippen LogP contribution in [0.5, 0.6) is 0 Å². The minimum absolute atomic E-state index is 0.0451. The second-order valence-electron chi connectivity index (χ2n) is 3.86.